The Kier molecular flexibility index (Phi) is 2.13. The summed E-state index contributed by atoms with van der Waals surface area (Å²) < 4.78 is 32.0. The van der Waals surface area contributed by atoms with Gasteiger partial charge in [0.1, 0.15) is 6.10 Å². The Morgan fingerprint density at radius 3 is 2.46 bits per heavy atom. The van der Waals surface area contributed by atoms with Crippen LogP contribution in [0.4, 0.5) is 0 Å². The molecule has 5 heteroatoms. The quantitative estimate of drug-likeness (QED) is 0.623. The summed E-state index contributed by atoms with van der Waals surface area (Å²) in [6.07, 6.45) is 4.80. The molecule has 0 aromatic heterocycles. The third kappa shape index (κ3) is 2.42. The van der Waals surface area contributed by atoms with Crippen molar-refractivity contribution in [3.05, 3.63) is 0 Å². The molecule has 1 atom stereocenters. The predicted octanol–water partition coefficient (Wildman–Crippen LogP) is 0.674. The highest BCUT2D eigenvalue weighted by Gasteiger charge is 2.47. The maximum atomic E-state index is 10.8. The van der Waals surface area contributed by atoms with Gasteiger partial charge >= 0.3 is 0 Å². The van der Waals surface area contributed by atoms with E-state index in [9.17, 15) is 8.42 Å². The second kappa shape index (κ2) is 2.93. The van der Waals surface area contributed by atoms with E-state index >= 15 is 0 Å². The van der Waals surface area contributed by atoms with Gasteiger partial charge in [0.25, 0.3) is 10.1 Å². The molecule has 4 nitrogen and oxygen atoms in total. The second-order valence-corrected chi connectivity index (χ2v) is 5.56. The van der Waals surface area contributed by atoms with Crippen LogP contribution in [0.2, 0.25) is 0 Å². The largest absolute Gasteiger partial charge is 0.372 e. The van der Waals surface area contributed by atoms with E-state index in [0.29, 0.717) is 6.61 Å². The maximum Gasteiger partial charge on any atom is 0.264 e. The van der Waals surface area contributed by atoms with E-state index in [0.717, 1.165) is 31.9 Å². The van der Waals surface area contributed by atoms with Crippen LogP contribution < -0.4 is 0 Å². The lowest BCUT2D eigenvalue weighted by Gasteiger charge is -2.28. The molecule has 13 heavy (non-hydrogen) atoms. The number of rotatable bonds is 2. The van der Waals surface area contributed by atoms with Crippen LogP contribution in [-0.2, 0) is 19.0 Å². The minimum absolute atomic E-state index is 0.108. The molecule has 0 N–H and O–H groups in total. The van der Waals surface area contributed by atoms with Gasteiger partial charge in [0.05, 0.1) is 18.5 Å². The number of hydrogen-bond acceptors (Lipinski definition) is 4. The molecule has 76 valence electrons. The van der Waals surface area contributed by atoms with Gasteiger partial charge in [-0.15, -0.1) is 0 Å². The topological polar surface area (TPSA) is 52.6 Å². The average Bonchev–Trinajstić information content (AvgIpc) is 2.73. The fourth-order valence-electron chi connectivity index (χ4n) is 1.71. The van der Waals surface area contributed by atoms with E-state index in [1.807, 2.05) is 0 Å². The average molecular weight is 206 g/mol. The molecule has 0 amide bonds. The molecule has 1 heterocycles. The fraction of sp³-hybridized carbons (Fsp3) is 1.00. The van der Waals surface area contributed by atoms with Crippen LogP contribution in [-0.4, -0.2) is 33.0 Å². The van der Waals surface area contributed by atoms with Gasteiger partial charge in [-0.2, -0.15) is 8.42 Å². The second-order valence-electron chi connectivity index (χ2n) is 3.96. The van der Waals surface area contributed by atoms with E-state index in [-0.39, 0.29) is 11.7 Å². The normalized spacial score (nSPS) is 31.9. The van der Waals surface area contributed by atoms with Crippen molar-refractivity contribution >= 4 is 10.1 Å². The van der Waals surface area contributed by atoms with Gasteiger partial charge in [-0.05, 0) is 25.7 Å². The molecule has 0 aromatic carbocycles. The molecule has 1 unspecified atom stereocenters. The van der Waals surface area contributed by atoms with Crippen LogP contribution in [0.3, 0.4) is 0 Å². The van der Waals surface area contributed by atoms with Gasteiger partial charge in [0.2, 0.25) is 0 Å². The standard InChI is InChI=1S/C8H14O4S/c1-13(9,10)12-7-2-3-8(4-5-8)11-6-7/h7H,2-6H2,1H3. The first-order valence-corrected chi connectivity index (χ1v) is 6.33. The van der Waals surface area contributed by atoms with Gasteiger partial charge < -0.3 is 4.74 Å². The monoisotopic (exact) mass is 206 g/mol. The Balaban J connectivity index is 1.84. The molecule has 0 radical (unpaired) electrons. The summed E-state index contributed by atoms with van der Waals surface area (Å²) in [6, 6.07) is 0. The SMILES string of the molecule is CS(=O)(=O)OC1CCC2(CC2)OC1. The molecule has 1 aliphatic heterocycles. The van der Waals surface area contributed by atoms with Crippen LogP contribution in [0.1, 0.15) is 25.7 Å². The molecule has 1 saturated heterocycles. The molecule has 0 bridgehead atoms. The maximum absolute atomic E-state index is 10.8. The van der Waals surface area contributed by atoms with Crippen LogP contribution in [0.5, 0.6) is 0 Å². The van der Waals surface area contributed by atoms with Crippen molar-refractivity contribution in [2.24, 2.45) is 0 Å². The van der Waals surface area contributed by atoms with Crippen molar-refractivity contribution in [1.29, 1.82) is 0 Å². The summed E-state index contributed by atoms with van der Waals surface area (Å²) in [5.74, 6) is 0. The number of hydrogen-bond donors (Lipinski definition) is 0. The third-order valence-corrected chi connectivity index (χ3v) is 3.24. The summed E-state index contributed by atoms with van der Waals surface area (Å²) in [5.41, 5.74) is 0.108. The zero-order valence-corrected chi connectivity index (χ0v) is 8.47. The smallest absolute Gasteiger partial charge is 0.264 e. The van der Waals surface area contributed by atoms with Crippen LogP contribution >= 0.6 is 0 Å². The molecule has 2 fully saturated rings. The van der Waals surface area contributed by atoms with Crippen molar-refractivity contribution in [2.75, 3.05) is 12.9 Å². The van der Waals surface area contributed by atoms with Crippen molar-refractivity contribution in [2.45, 2.75) is 37.4 Å². The minimum Gasteiger partial charge on any atom is -0.372 e. The van der Waals surface area contributed by atoms with E-state index < -0.39 is 10.1 Å². The molecular weight excluding hydrogens is 192 g/mol. The lowest BCUT2D eigenvalue weighted by molar-refractivity contribution is -0.0590. The van der Waals surface area contributed by atoms with Crippen molar-refractivity contribution in [3.8, 4) is 0 Å². The lowest BCUT2D eigenvalue weighted by Crippen LogP contribution is -2.33. The van der Waals surface area contributed by atoms with E-state index in [4.69, 9.17) is 8.92 Å². The summed E-state index contributed by atoms with van der Waals surface area (Å²) in [7, 11) is -3.32. The summed E-state index contributed by atoms with van der Waals surface area (Å²) in [4.78, 5) is 0. The Labute approximate surface area is 78.3 Å². The summed E-state index contributed by atoms with van der Waals surface area (Å²) in [5, 5.41) is 0. The molecule has 0 aromatic rings. The first kappa shape index (κ1) is 9.43. The zero-order chi connectivity index (χ0) is 9.53. The first-order chi connectivity index (χ1) is 5.99. The van der Waals surface area contributed by atoms with Crippen molar-refractivity contribution < 1.29 is 17.3 Å². The lowest BCUT2D eigenvalue weighted by atomic mass is 10.1. The molecular formula is C8H14O4S. The van der Waals surface area contributed by atoms with Crippen molar-refractivity contribution in [1.82, 2.24) is 0 Å². The molecule has 2 rings (SSSR count). The molecule has 1 saturated carbocycles. The van der Waals surface area contributed by atoms with Gasteiger partial charge in [-0.3, -0.25) is 4.18 Å². The van der Waals surface area contributed by atoms with E-state index in [1.165, 1.54) is 0 Å². The first-order valence-electron chi connectivity index (χ1n) is 4.51. The van der Waals surface area contributed by atoms with E-state index in [2.05, 4.69) is 0 Å². The fourth-order valence-corrected chi connectivity index (χ4v) is 2.35. The van der Waals surface area contributed by atoms with Crippen LogP contribution in [0.25, 0.3) is 0 Å². The van der Waals surface area contributed by atoms with Gasteiger partial charge in [0, 0.05) is 0 Å². The van der Waals surface area contributed by atoms with Crippen LogP contribution in [0.15, 0.2) is 0 Å². The van der Waals surface area contributed by atoms with Gasteiger partial charge in [-0.1, -0.05) is 0 Å². The highest BCUT2D eigenvalue weighted by molar-refractivity contribution is 7.86. The Morgan fingerprint density at radius 1 is 1.38 bits per heavy atom. The summed E-state index contributed by atoms with van der Waals surface area (Å²) >= 11 is 0. The Hall–Kier alpha value is -0.130. The zero-order valence-electron chi connectivity index (χ0n) is 7.65. The highest BCUT2D eigenvalue weighted by atomic mass is 32.2. The Bertz CT molecular complexity index is 281. The predicted molar refractivity (Wildman–Crippen MR) is 46.9 cm³/mol. The minimum atomic E-state index is -3.32. The summed E-state index contributed by atoms with van der Waals surface area (Å²) in [6.45, 7) is 0.424. The van der Waals surface area contributed by atoms with Gasteiger partial charge in [0.15, 0.2) is 0 Å². The number of ether oxygens (including phenoxy) is 1. The van der Waals surface area contributed by atoms with Gasteiger partial charge in [-0.25, -0.2) is 0 Å². The molecule has 1 aliphatic carbocycles. The van der Waals surface area contributed by atoms with Crippen molar-refractivity contribution in [3.63, 3.8) is 0 Å². The highest BCUT2D eigenvalue weighted by Crippen LogP contribution is 2.46. The van der Waals surface area contributed by atoms with E-state index in [1.54, 1.807) is 0 Å². The molecule has 2 aliphatic rings. The Morgan fingerprint density at radius 2 is 2.08 bits per heavy atom. The van der Waals surface area contributed by atoms with Crippen LogP contribution in [0, 0.1) is 0 Å². The third-order valence-electron chi connectivity index (χ3n) is 2.62. The molecule has 1 spiro atoms.